The molecule has 0 spiro atoms. The Morgan fingerprint density at radius 2 is 2.00 bits per heavy atom. The molecule has 1 atom stereocenters. The van der Waals surface area contributed by atoms with E-state index in [0.717, 1.165) is 44.3 Å². The fourth-order valence-corrected chi connectivity index (χ4v) is 2.64. The Hall–Kier alpha value is -0.280. The van der Waals surface area contributed by atoms with E-state index >= 15 is 0 Å². The smallest absolute Gasteiger partial charge is 0.220 e. The van der Waals surface area contributed by atoms with Crippen molar-refractivity contribution < 1.29 is 4.79 Å². The number of rotatable bonds is 10. The van der Waals surface area contributed by atoms with E-state index in [4.69, 9.17) is 0 Å². The van der Waals surface area contributed by atoms with Crippen molar-refractivity contribution in [1.82, 2.24) is 10.6 Å². The zero-order valence-electron chi connectivity index (χ0n) is 13.2. The highest BCUT2D eigenvalue weighted by molar-refractivity contribution is 5.85. The van der Waals surface area contributed by atoms with Crippen LogP contribution >= 0.6 is 12.4 Å². The highest BCUT2D eigenvalue weighted by atomic mass is 35.5. The molecular weight excluding hydrogens is 272 g/mol. The fourth-order valence-electron chi connectivity index (χ4n) is 2.64. The first-order valence-corrected chi connectivity index (χ1v) is 8.16. The molecule has 1 saturated heterocycles. The molecule has 20 heavy (non-hydrogen) atoms. The number of halogens is 1. The maximum atomic E-state index is 11.6. The van der Waals surface area contributed by atoms with Crippen molar-refractivity contribution in [2.45, 2.75) is 65.2 Å². The minimum Gasteiger partial charge on any atom is -0.356 e. The van der Waals surface area contributed by atoms with Gasteiger partial charge in [0.05, 0.1) is 0 Å². The lowest BCUT2D eigenvalue weighted by Crippen LogP contribution is -2.25. The van der Waals surface area contributed by atoms with Crippen LogP contribution in [0.1, 0.15) is 65.2 Å². The lowest BCUT2D eigenvalue weighted by molar-refractivity contribution is -0.121. The van der Waals surface area contributed by atoms with Gasteiger partial charge in [0, 0.05) is 13.0 Å². The predicted octanol–water partition coefficient (Wildman–Crippen LogP) is 3.52. The molecule has 0 saturated carbocycles. The van der Waals surface area contributed by atoms with Crippen LogP contribution in [0.5, 0.6) is 0 Å². The molecule has 3 nitrogen and oxygen atoms in total. The van der Waals surface area contributed by atoms with Crippen LogP contribution in [-0.4, -0.2) is 25.5 Å². The molecule has 0 radical (unpaired) electrons. The summed E-state index contributed by atoms with van der Waals surface area (Å²) in [5.41, 5.74) is 0. The van der Waals surface area contributed by atoms with Crippen LogP contribution in [0.3, 0.4) is 0 Å². The predicted molar refractivity (Wildman–Crippen MR) is 88.4 cm³/mol. The number of unbranched alkanes of at least 4 members (excludes halogenated alkanes) is 3. The van der Waals surface area contributed by atoms with Crippen LogP contribution < -0.4 is 10.6 Å². The van der Waals surface area contributed by atoms with Crippen LogP contribution in [0.15, 0.2) is 0 Å². The third kappa shape index (κ3) is 10.5. The van der Waals surface area contributed by atoms with E-state index < -0.39 is 0 Å². The second-order valence-corrected chi connectivity index (χ2v) is 6.34. The molecule has 1 unspecified atom stereocenters. The topological polar surface area (TPSA) is 41.1 Å². The number of carbonyl (C=O) groups excluding carboxylic acids is 1. The third-order valence-corrected chi connectivity index (χ3v) is 3.97. The van der Waals surface area contributed by atoms with Crippen LogP contribution in [0.4, 0.5) is 0 Å². The zero-order valence-corrected chi connectivity index (χ0v) is 14.1. The van der Waals surface area contributed by atoms with Crippen molar-refractivity contribution in [3.8, 4) is 0 Å². The Morgan fingerprint density at radius 1 is 1.25 bits per heavy atom. The average Bonchev–Trinajstić information content (AvgIpc) is 2.88. The summed E-state index contributed by atoms with van der Waals surface area (Å²) in [6, 6.07) is 0. The number of carbonyl (C=O) groups is 1. The van der Waals surface area contributed by atoms with E-state index in [0.29, 0.717) is 6.42 Å². The number of amides is 1. The van der Waals surface area contributed by atoms with Gasteiger partial charge in [-0.2, -0.15) is 0 Å². The Bertz CT molecular complexity index is 241. The summed E-state index contributed by atoms with van der Waals surface area (Å²) < 4.78 is 0. The number of hydrogen-bond acceptors (Lipinski definition) is 2. The third-order valence-electron chi connectivity index (χ3n) is 3.97. The van der Waals surface area contributed by atoms with Gasteiger partial charge in [0.2, 0.25) is 5.91 Å². The summed E-state index contributed by atoms with van der Waals surface area (Å²) in [5, 5.41) is 6.39. The molecule has 1 fully saturated rings. The molecule has 0 aliphatic carbocycles. The summed E-state index contributed by atoms with van der Waals surface area (Å²) >= 11 is 0. The molecule has 2 N–H and O–H groups in total. The van der Waals surface area contributed by atoms with E-state index in [1.54, 1.807) is 0 Å². The zero-order chi connectivity index (χ0) is 13.9. The van der Waals surface area contributed by atoms with E-state index in [1.165, 1.54) is 32.1 Å². The van der Waals surface area contributed by atoms with Gasteiger partial charge in [-0.05, 0) is 44.2 Å². The summed E-state index contributed by atoms with van der Waals surface area (Å²) in [4.78, 5) is 11.6. The Labute approximate surface area is 131 Å². The monoisotopic (exact) mass is 304 g/mol. The van der Waals surface area contributed by atoms with E-state index in [1.807, 2.05) is 0 Å². The lowest BCUT2D eigenvalue weighted by Gasteiger charge is -2.09. The summed E-state index contributed by atoms with van der Waals surface area (Å²) in [7, 11) is 0. The molecule has 1 aliphatic heterocycles. The standard InChI is InChI=1S/C16H32N2O.ClH/c1-14(2)7-5-3-4-6-11-18-16(19)9-8-15-10-12-17-13-15;/h14-15,17H,3-13H2,1-2H3,(H,18,19);1H. The van der Waals surface area contributed by atoms with Crippen molar-refractivity contribution in [2.75, 3.05) is 19.6 Å². The minimum absolute atomic E-state index is 0. The molecule has 0 aromatic rings. The van der Waals surface area contributed by atoms with E-state index in [9.17, 15) is 4.79 Å². The molecule has 1 heterocycles. The molecule has 4 heteroatoms. The molecule has 1 aliphatic rings. The molecule has 1 rings (SSSR count). The van der Waals surface area contributed by atoms with Gasteiger partial charge in [-0.25, -0.2) is 0 Å². The van der Waals surface area contributed by atoms with E-state index in [-0.39, 0.29) is 18.3 Å². The number of nitrogens with one attached hydrogen (secondary N) is 2. The van der Waals surface area contributed by atoms with Crippen molar-refractivity contribution in [3.63, 3.8) is 0 Å². The average molecular weight is 305 g/mol. The maximum Gasteiger partial charge on any atom is 0.220 e. The summed E-state index contributed by atoms with van der Waals surface area (Å²) in [5.74, 6) is 1.79. The summed E-state index contributed by atoms with van der Waals surface area (Å²) in [6.45, 7) is 7.65. The van der Waals surface area contributed by atoms with Crippen LogP contribution in [0.2, 0.25) is 0 Å². The molecule has 0 bridgehead atoms. The lowest BCUT2D eigenvalue weighted by atomic mass is 10.0. The second-order valence-electron chi connectivity index (χ2n) is 6.34. The summed E-state index contributed by atoms with van der Waals surface area (Å²) in [6.07, 6.45) is 9.36. The van der Waals surface area contributed by atoms with Gasteiger partial charge < -0.3 is 10.6 Å². The minimum atomic E-state index is 0. The maximum absolute atomic E-state index is 11.6. The highest BCUT2D eigenvalue weighted by Crippen LogP contribution is 2.14. The SMILES string of the molecule is CC(C)CCCCCCNC(=O)CCC1CCNC1.Cl. The van der Waals surface area contributed by atoms with Crippen LogP contribution in [0.25, 0.3) is 0 Å². The highest BCUT2D eigenvalue weighted by Gasteiger charge is 2.15. The van der Waals surface area contributed by atoms with Gasteiger partial charge in [-0.15, -0.1) is 12.4 Å². The first-order valence-electron chi connectivity index (χ1n) is 8.16. The van der Waals surface area contributed by atoms with Crippen molar-refractivity contribution >= 4 is 18.3 Å². The van der Waals surface area contributed by atoms with Gasteiger partial charge >= 0.3 is 0 Å². The van der Waals surface area contributed by atoms with Crippen LogP contribution in [-0.2, 0) is 4.79 Å². The molecular formula is C16H33ClN2O. The Balaban J connectivity index is 0.00000361. The first kappa shape index (κ1) is 19.7. The molecule has 0 aromatic carbocycles. The first-order chi connectivity index (χ1) is 9.18. The van der Waals surface area contributed by atoms with Gasteiger partial charge in [0.15, 0.2) is 0 Å². The Kier molecular flexibility index (Phi) is 12.3. The molecule has 0 aromatic heterocycles. The Morgan fingerprint density at radius 3 is 2.65 bits per heavy atom. The van der Waals surface area contributed by atoms with Gasteiger partial charge in [0.1, 0.15) is 0 Å². The van der Waals surface area contributed by atoms with Gasteiger partial charge in [-0.1, -0.05) is 39.5 Å². The molecule has 1 amide bonds. The largest absolute Gasteiger partial charge is 0.356 e. The quantitative estimate of drug-likeness (QED) is 0.606. The van der Waals surface area contributed by atoms with Crippen molar-refractivity contribution in [3.05, 3.63) is 0 Å². The van der Waals surface area contributed by atoms with Gasteiger partial charge in [-0.3, -0.25) is 4.79 Å². The normalized spacial score (nSPS) is 18.1. The van der Waals surface area contributed by atoms with E-state index in [2.05, 4.69) is 24.5 Å². The second kappa shape index (κ2) is 12.5. The number of hydrogen-bond donors (Lipinski definition) is 2. The van der Waals surface area contributed by atoms with Gasteiger partial charge in [0.25, 0.3) is 0 Å². The van der Waals surface area contributed by atoms with Crippen LogP contribution in [0, 0.1) is 11.8 Å². The fraction of sp³-hybridized carbons (Fsp3) is 0.938. The molecule has 120 valence electrons. The van der Waals surface area contributed by atoms with Crippen molar-refractivity contribution in [1.29, 1.82) is 0 Å². The van der Waals surface area contributed by atoms with Crippen molar-refractivity contribution in [2.24, 2.45) is 11.8 Å².